The molecule has 0 spiro atoms. The molecule has 1 atom stereocenters. The summed E-state index contributed by atoms with van der Waals surface area (Å²) in [5.41, 5.74) is -1.35. The van der Waals surface area contributed by atoms with Crippen molar-refractivity contribution in [3.8, 4) is 0 Å². The number of hydrogen-bond acceptors (Lipinski definition) is 3. The van der Waals surface area contributed by atoms with Gasteiger partial charge in [0.1, 0.15) is 6.04 Å². The standard InChI is InChI=1S/C17H22F3N3O3/c1-10(2)15(21-11(3)24)16(26)23(4)9-14(25)22-13-8-6-5-7-12(13)17(18,19)20/h5-8,10,15H,9H2,1-4H3,(H,21,24)(H,22,25). The molecule has 9 heteroatoms. The number of nitrogens with zero attached hydrogens (tertiary/aromatic N) is 1. The van der Waals surface area contributed by atoms with E-state index in [9.17, 15) is 27.6 Å². The first kappa shape index (κ1) is 21.5. The predicted molar refractivity (Wildman–Crippen MR) is 90.2 cm³/mol. The fourth-order valence-electron chi connectivity index (χ4n) is 2.29. The topological polar surface area (TPSA) is 78.5 Å². The Morgan fingerprint density at radius 1 is 1.15 bits per heavy atom. The van der Waals surface area contributed by atoms with Crippen LogP contribution in [0.3, 0.4) is 0 Å². The van der Waals surface area contributed by atoms with Crippen molar-refractivity contribution in [2.24, 2.45) is 5.92 Å². The molecule has 0 aliphatic rings. The van der Waals surface area contributed by atoms with E-state index in [1.165, 1.54) is 26.1 Å². The molecule has 1 unspecified atom stereocenters. The van der Waals surface area contributed by atoms with Gasteiger partial charge in [-0.2, -0.15) is 13.2 Å². The average molecular weight is 373 g/mol. The molecule has 0 radical (unpaired) electrons. The number of likely N-dealkylation sites (N-methyl/N-ethyl adjacent to an activating group) is 1. The van der Waals surface area contributed by atoms with Gasteiger partial charge in [-0.15, -0.1) is 0 Å². The average Bonchev–Trinajstić information content (AvgIpc) is 2.50. The van der Waals surface area contributed by atoms with Crippen LogP contribution < -0.4 is 10.6 Å². The largest absolute Gasteiger partial charge is 0.418 e. The third-order valence-electron chi connectivity index (χ3n) is 3.56. The quantitative estimate of drug-likeness (QED) is 0.803. The van der Waals surface area contributed by atoms with E-state index in [2.05, 4.69) is 10.6 Å². The van der Waals surface area contributed by atoms with Gasteiger partial charge in [-0.05, 0) is 18.1 Å². The third-order valence-corrected chi connectivity index (χ3v) is 3.56. The second kappa shape index (κ2) is 8.68. The normalized spacial score (nSPS) is 12.5. The zero-order valence-corrected chi connectivity index (χ0v) is 15.0. The number of carbonyl (C=O) groups excluding carboxylic acids is 3. The van der Waals surface area contributed by atoms with Crippen LogP contribution in [-0.4, -0.2) is 42.3 Å². The third kappa shape index (κ3) is 6.05. The minimum Gasteiger partial charge on any atom is -0.344 e. The van der Waals surface area contributed by atoms with Gasteiger partial charge in [0, 0.05) is 14.0 Å². The number of rotatable bonds is 6. The highest BCUT2D eigenvalue weighted by Gasteiger charge is 2.34. The molecule has 26 heavy (non-hydrogen) atoms. The predicted octanol–water partition coefficient (Wildman–Crippen LogP) is 2.26. The van der Waals surface area contributed by atoms with Crippen molar-refractivity contribution in [1.82, 2.24) is 10.2 Å². The fourth-order valence-corrected chi connectivity index (χ4v) is 2.29. The summed E-state index contributed by atoms with van der Waals surface area (Å²) < 4.78 is 38.8. The van der Waals surface area contributed by atoms with Gasteiger partial charge in [0.05, 0.1) is 17.8 Å². The van der Waals surface area contributed by atoms with Gasteiger partial charge in [0.15, 0.2) is 0 Å². The lowest BCUT2D eigenvalue weighted by Gasteiger charge is -2.26. The SMILES string of the molecule is CC(=O)NC(C(=O)N(C)CC(=O)Nc1ccccc1C(F)(F)F)C(C)C. The van der Waals surface area contributed by atoms with Crippen molar-refractivity contribution >= 4 is 23.4 Å². The highest BCUT2D eigenvalue weighted by molar-refractivity contribution is 5.96. The molecule has 6 nitrogen and oxygen atoms in total. The number of para-hydroxylation sites is 1. The van der Waals surface area contributed by atoms with E-state index in [1.54, 1.807) is 13.8 Å². The summed E-state index contributed by atoms with van der Waals surface area (Å²) in [6.07, 6.45) is -4.61. The summed E-state index contributed by atoms with van der Waals surface area (Å²) in [4.78, 5) is 36.7. The van der Waals surface area contributed by atoms with Crippen LogP contribution in [0.2, 0.25) is 0 Å². The van der Waals surface area contributed by atoms with E-state index in [0.717, 1.165) is 17.0 Å². The van der Waals surface area contributed by atoms with Crippen molar-refractivity contribution in [2.75, 3.05) is 18.9 Å². The van der Waals surface area contributed by atoms with E-state index in [1.807, 2.05) is 0 Å². The van der Waals surface area contributed by atoms with Gasteiger partial charge in [-0.1, -0.05) is 26.0 Å². The maximum absolute atomic E-state index is 12.9. The van der Waals surface area contributed by atoms with Gasteiger partial charge in [-0.3, -0.25) is 14.4 Å². The molecule has 2 N–H and O–H groups in total. The fraction of sp³-hybridized carbons (Fsp3) is 0.471. The summed E-state index contributed by atoms with van der Waals surface area (Å²) in [5.74, 6) is -1.89. The minimum absolute atomic E-state index is 0.220. The molecule has 0 aliphatic heterocycles. The van der Waals surface area contributed by atoms with Gasteiger partial charge < -0.3 is 15.5 Å². The minimum atomic E-state index is -4.61. The number of halogens is 3. The molecule has 0 aliphatic carbocycles. The Bertz CT molecular complexity index is 675. The van der Waals surface area contributed by atoms with Crippen LogP contribution in [0.4, 0.5) is 18.9 Å². The summed E-state index contributed by atoms with van der Waals surface area (Å²) >= 11 is 0. The molecule has 3 amide bonds. The second-order valence-electron chi connectivity index (χ2n) is 6.21. The van der Waals surface area contributed by atoms with E-state index in [4.69, 9.17) is 0 Å². The smallest absolute Gasteiger partial charge is 0.344 e. The molecule has 0 saturated carbocycles. The lowest BCUT2D eigenvalue weighted by Crippen LogP contribution is -2.51. The zero-order chi connectivity index (χ0) is 20.1. The van der Waals surface area contributed by atoms with Gasteiger partial charge >= 0.3 is 6.18 Å². The van der Waals surface area contributed by atoms with Crippen LogP contribution in [0.1, 0.15) is 26.3 Å². The van der Waals surface area contributed by atoms with Crippen LogP contribution in [-0.2, 0) is 20.6 Å². The maximum atomic E-state index is 12.9. The van der Waals surface area contributed by atoms with E-state index in [-0.39, 0.29) is 11.6 Å². The zero-order valence-electron chi connectivity index (χ0n) is 15.0. The summed E-state index contributed by atoms with van der Waals surface area (Å²) in [6.45, 7) is 4.27. The van der Waals surface area contributed by atoms with Gasteiger partial charge in [0.25, 0.3) is 0 Å². The molecule has 0 heterocycles. The van der Waals surface area contributed by atoms with Crippen LogP contribution >= 0.6 is 0 Å². The van der Waals surface area contributed by atoms with Gasteiger partial charge in [-0.25, -0.2) is 0 Å². The molecular formula is C17H22F3N3O3. The highest BCUT2D eigenvalue weighted by Crippen LogP contribution is 2.34. The molecule has 0 bridgehead atoms. The molecule has 0 fully saturated rings. The van der Waals surface area contributed by atoms with Crippen LogP contribution in [0.25, 0.3) is 0 Å². The van der Waals surface area contributed by atoms with Crippen molar-refractivity contribution < 1.29 is 27.6 Å². The van der Waals surface area contributed by atoms with Crippen LogP contribution in [0, 0.1) is 5.92 Å². The molecule has 1 aromatic carbocycles. The first-order chi connectivity index (χ1) is 11.9. The Morgan fingerprint density at radius 3 is 2.23 bits per heavy atom. The number of anilines is 1. The summed E-state index contributed by atoms with van der Waals surface area (Å²) in [5, 5.41) is 4.67. The monoisotopic (exact) mass is 373 g/mol. The molecule has 1 aromatic rings. The number of nitrogens with one attached hydrogen (secondary N) is 2. The summed E-state index contributed by atoms with van der Waals surface area (Å²) in [6, 6.07) is 3.75. The highest BCUT2D eigenvalue weighted by atomic mass is 19.4. The number of benzene rings is 1. The number of alkyl halides is 3. The molecule has 0 saturated heterocycles. The van der Waals surface area contributed by atoms with Crippen LogP contribution in [0.15, 0.2) is 24.3 Å². The number of amides is 3. The molecule has 1 rings (SSSR count). The Balaban J connectivity index is 2.82. The first-order valence-corrected chi connectivity index (χ1v) is 7.91. The van der Waals surface area contributed by atoms with E-state index >= 15 is 0 Å². The number of carbonyl (C=O) groups is 3. The molecule has 0 aromatic heterocycles. The first-order valence-electron chi connectivity index (χ1n) is 7.91. The van der Waals surface area contributed by atoms with Crippen LogP contribution in [0.5, 0.6) is 0 Å². The Kier molecular flexibility index (Phi) is 7.17. The number of hydrogen-bond donors (Lipinski definition) is 2. The van der Waals surface area contributed by atoms with Crippen molar-refractivity contribution in [1.29, 1.82) is 0 Å². The molecular weight excluding hydrogens is 351 g/mol. The second-order valence-corrected chi connectivity index (χ2v) is 6.21. The summed E-state index contributed by atoms with van der Waals surface area (Å²) in [7, 11) is 1.34. The molecule has 144 valence electrons. The van der Waals surface area contributed by atoms with Gasteiger partial charge in [0.2, 0.25) is 17.7 Å². The van der Waals surface area contributed by atoms with E-state index < -0.39 is 42.0 Å². The lowest BCUT2D eigenvalue weighted by molar-refractivity contribution is -0.138. The lowest BCUT2D eigenvalue weighted by atomic mass is 10.0. The Morgan fingerprint density at radius 2 is 1.73 bits per heavy atom. The van der Waals surface area contributed by atoms with Crippen molar-refractivity contribution in [2.45, 2.75) is 33.0 Å². The Labute approximate surface area is 149 Å². The van der Waals surface area contributed by atoms with E-state index in [0.29, 0.717) is 0 Å². The maximum Gasteiger partial charge on any atom is 0.418 e. The van der Waals surface area contributed by atoms with Crippen molar-refractivity contribution in [3.05, 3.63) is 29.8 Å². The Hall–Kier alpha value is -2.58. The van der Waals surface area contributed by atoms with Crippen molar-refractivity contribution in [3.63, 3.8) is 0 Å².